The van der Waals surface area contributed by atoms with E-state index in [0.717, 1.165) is 11.8 Å². The lowest BCUT2D eigenvalue weighted by Crippen LogP contribution is -2.06. The predicted octanol–water partition coefficient (Wildman–Crippen LogP) is 4.12. The Morgan fingerprint density at radius 2 is 2.11 bits per heavy atom. The van der Waals surface area contributed by atoms with Crippen LogP contribution in [0.4, 0.5) is 14.5 Å². The van der Waals surface area contributed by atoms with Crippen molar-refractivity contribution in [3.05, 3.63) is 46.2 Å². The fourth-order valence-corrected chi connectivity index (χ4v) is 2.20. The first-order valence-electron chi connectivity index (χ1n) is 5.90. The van der Waals surface area contributed by atoms with Crippen LogP contribution in [0.25, 0.3) is 0 Å². The van der Waals surface area contributed by atoms with Gasteiger partial charge in [0.25, 0.3) is 0 Å². The number of nitrogens with one attached hydrogen (secondary N) is 1. The summed E-state index contributed by atoms with van der Waals surface area (Å²) < 4.78 is 28.7. The second kappa shape index (κ2) is 5.69. The van der Waals surface area contributed by atoms with E-state index in [2.05, 4.69) is 26.3 Å². The average Bonchev–Trinajstić information content (AvgIpc) is 2.76. The van der Waals surface area contributed by atoms with Gasteiger partial charge in [-0.05, 0) is 41.9 Å². The van der Waals surface area contributed by atoms with Crippen molar-refractivity contribution in [3.63, 3.8) is 0 Å². The summed E-state index contributed by atoms with van der Waals surface area (Å²) >= 11 is 3.13. The normalized spacial score (nSPS) is 11.1. The summed E-state index contributed by atoms with van der Waals surface area (Å²) in [5, 5.41) is 7.26. The molecule has 0 aliphatic heterocycles. The molecule has 2 aromatic rings. The van der Waals surface area contributed by atoms with Crippen molar-refractivity contribution >= 4 is 21.6 Å². The van der Waals surface area contributed by atoms with Crippen LogP contribution in [0.2, 0.25) is 0 Å². The van der Waals surface area contributed by atoms with E-state index in [9.17, 15) is 8.78 Å². The highest BCUT2D eigenvalue weighted by Crippen LogP contribution is 2.27. The molecule has 0 spiro atoms. The van der Waals surface area contributed by atoms with Gasteiger partial charge in [0.2, 0.25) is 0 Å². The number of halogens is 3. The molecule has 3 nitrogen and oxygen atoms in total. The highest BCUT2D eigenvalue weighted by molar-refractivity contribution is 9.10. The Morgan fingerprint density at radius 3 is 2.68 bits per heavy atom. The SMILES string of the molecule is CC(C)n1ccc(CNc2c(F)cc(F)cc2Br)n1. The van der Waals surface area contributed by atoms with Crippen LogP contribution in [0.15, 0.2) is 28.9 Å². The van der Waals surface area contributed by atoms with E-state index < -0.39 is 11.6 Å². The van der Waals surface area contributed by atoms with E-state index in [1.807, 2.05) is 30.8 Å². The first-order chi connectivity index (χ1) is 8.97. The van der Waals surface area contributed by atoms with Crippen LogP contribution in [0, 0.1) is 11.6 Å². The number of hydrogen-bond acceptors (Lipinski definition) is 2. The molecule has 0 saturated carbocycles. The molecule has 1 heterocycles. The summed E-state index contributed by atoms with van der Waals surface area (Å²) in [4.78, 5) is 0. The summed E-state index contributed by atoms with van der Waals surface area (Å²) in [5.41, 5.74) is 1.03. The molecule has 1 N–H and O–H groups in total. The maximum Gasteiger partial charge on any atom is 0.150 e. The van der Waals surface area contributed by atoms with Gasteiger partial charge in [-0.25, -0.2) is 8.78 Å². The molecular formula is C13H14BrF2N3. The monoisotopic (exact) mass is 329 g/mol. The Balaban J connectivity index is 2.10. The molecule has 1 aromatic heterocycles. The largest absolute Gasteiger partial charge is 0.376 e. The molecule has 2 rings (SSSR count). The Bertz CT molecular complexity index is 558. The van der Waals surface area contributed by atoms with Crippen LogP contribution in [0.1, 0.15) is 25.6 Å². The number of nitrogens with zero attached hydrogens (tertiary/aromatic N) is 2. The molecule has 0 unspecified atom stereocenters. The van der Waals surface area contributed by atoms with Crippen molar-refractivity contribution in [3.8, 4) is 0 Å². The van der Waals surface area contributed by atoms with E-state index >= 15 is 0 Å². The van der Waals surface area contributed by atoms with Crippen molar-refractivity contribution in [1.82, 2.24) is 9.78 Å². The van der Waals surface area contributed by atoms with Gasteiger partial charge >= 0.3 is 0 Å². The van der Waals surface area contributed by atoms with Crippen molar-refractivity contribution in [2.45, 2.75) is 26.4 Å². The summed E-state index contributed by atoms with van der Waals surface area (Å²) in [6.45, 7) is 4.43. The highest BCUT2D eigenvalue weighted by atomic mass is 79.9. The fourth-order valence-electron chi connectivity index (χ4n) is 1.65. The van der Waals surface area contributed by atoms with Gasteiger partial charge in [-0.3, -0.25) is 4.68 Å². The van der Waals surface area contributed by atoms with Crippen LogP contribution in [0.5, 0.6) is 0 Å². The molecule has 1 aromatic carbocycles. The minimum atomic E-state index is -0.629. The van der Waals surface area contributed by atoms with Gasteiger partial charge in [0.15, 0.2) is 0 Å². The molecule has 0 amide bonds. The lowest BCUT2D eigenvalue weighted by atomic mass is 10.3. The summed E-state index contributed by atoms with van der Waals surface area (Å²) in [5.74, 6) is -1.24. The number of rotatable bonds is 4. The zero-order valence-electron chi connectivity index (χ0n) is 10.6. The van der Waals surface area contributed by atoms with E-state index in [-0.39, 0.29) is 11.7 Å². The fraction of sp³-hybridized carbons (Fsp3) is 0.308. The molecule has 0 atom stereocenters. The third-order valence-corrected chi connectivity index (χ3v) is 3.27. The molecular weight excluding hydrogens is 316 g/mol. The summed E-state index contributed by atoms with van der Waals surface area (Å²) in [7, 11) is 0. The van der Waals surface area contributed by atoms with Gasteiger partial charge in [0.1, 0.15) is 11.6 Å². The van der Waals surface area contributed by atoms with Crippen molar-refractivity contribution in [2.75, 3.05) is 5.32 Å². The minimum Gasteiger partial charge on any atom is -0.376 e. The molecule has 0 bridgehead atoms. The Kier molecular flexibility index (Phi) is 4.19. The zero-order chi connectivity index (χ0) is 14.0. The average molecular weight is 330 g/mol. The third kappa shape index (κ3) is 3.32. The van der Waals surface area contributed by atoms with Gasteiger partial charge in [0, 0.05) is 22.8 Å². The Morgan fingerprint density at radius 1 is 1.37 bits per heavy atom. The number of anilines is 1. The Hall–Kier alpha value is -1.43. The number of benzene rings is 1. The van der Waals surface area contributed by atoms with Gasteiger partial charge in [-0.2, -0.15) is 5.10 Å². The maximum atomic E-state index is 13.6. The molecule has 102 valence electrons. The number of aromatic nitrogens is 2. The van der Waals surface area contributed by atoms with Crippen LogP contribution in [-0.4, -0.2) is 9.78 Å². The van der Waals surface area contributed by atoms with Gasteiger partial charge < -0.3 is 5.32 Å². The zero-order valence-corrected chi connectivity index (χ0v) is 12.2. The molecule has 0 saturated heterocycles. The van der Waals surface area contributed by atoms with E-state index in [1.54, 1.807) is 0 Å². The first kappa shape index (κ1) is 14.0. The van der Waals surface area contributed by atoms with Gasteiger partial charge in [-0.1, -0.05) is 0 Å². The first-order valence-corrected chi connectivity index (χ1v) is 6.69. The van der Waals surface area contributed by atoms with Crippen LogP contribution >= 0.6 is 15.9 Å². The molecule has 6 heteroatoms. The summed E-state index contributed by atoms with van der Waals surface area (Å²) in [6, 6.07) is 4.21. The molecule has 0 fully saturated rings. The lowest BCUT2D eigenvalue weighted by Gasteiger charge is -2.09. The van der Waals surface area contributed by atoms with Crippen LogP contribution in [0.3, 0.4) is 0 Å². The van der Waals surface area contributed by atoms with Gasteiger partial charge in [0.05, 0.1) is 17.9 Å². The topological polar surface area (TPSA) is 29.9 Å². The van der Waals surface area contributed by atoms with Crippen LogP contribution < -0.4 is 5.32 Å². The molecule has 0 radical (unpaired) electrons. The highest BCUT2D eigenvalue weighted by Gasteiger charge is 2.10. The smallest absolute Gasteiger partial charge is 0.150 e. The second-order valence-electron chi connectivity index (χ2n) is 4.48. The van der Waals surface area contributed by atoms with Crippen molar-refractivity contribution < 1.29 is 8.78 Å². The van der Waals surface area contributed by atoms with E-state index in [0.29, 0.717) is 11.0 Å². The quantitative estimate of drug-likeness (QED) is 0.914. The van der Waals surface area contributed by atoms with E-state index in [4.69, 9.17) is 0 Å². The van der Waals surface area contributed by atoms with Crippen molar-refractivity contribution in [2.24, 2.45) is 0 Å². The standard InChI is InChI=1S/C13H14BrF2N3/c1-8(2)19-4-3-10(18-19)7-17-13-11(14)5-9(15)6-12(13)16/h3-6,8,17H,7H2,1-2H3. The molecule has 0 aliphatic rings. The van der Waals surface area contributed by atoms with Crippen LogP contribution in [-0.2, 0) is 6.54 Å². The summed E-state index contributed by atoms with van der Waals surface area (Å²) in [6.07, 6.45) is 1.87. The second-order valence-corrected chi connectivity index (χ2v) is 5.33. The van der Waals surface area contributed by atoms with Crippen molar-refractivity contribution in [1.29, 1.82) is 0 Å². The van der Waals surface area contributed by atoms with Gasteiger partial charge in [-0.15, -0.1) is 0 Å². The minimum absolute atomic E-state index is 0.237. The predicted molar refractivity (Wildman–Crippen MR) is 74.0 cm³/mol. The molecule has 0 aliphatic carbocycles. The Labute approximate surface area is 118 Å². The maximum absolute atomic E-state index is 13.6. The number of hydrogen-bond donors (Lipinski definition) is 1. The lowest BCUT2D eigenvalue weighted by molar-refractivity contribution is 0.527. The molecule has 19 heavy (non-hydrogen) atoms. The van der Waals surface area contributed by atoms with E-state index in [1.165, 1.54) is 6.07 Å². The third-order valence-electron chi connectivity index (χ3n) is 2.65.